The maximum atomic E-state index is 12.8. The monoisotopic (exact) mass is 472 g/mol. The number of amides is 1. The summed E-state index contributed by atoms with van der Waals surface area (Å²) in [6.45, 7) is -0.111. The quantitative estimate of drug-likeness (QED) is 0.410. The van der Waals surface area contributed by atoms with E-state index < -0.39 is 0 Å². The first-order valence-corrected chi connectivity index (χ1v) is 12.3. The Morgan fingerprint density at radius 3 is 2.66 bits per heavy atom. The summed E-state index contributed by atoms with van der Waals surface area (Å²) in [5.41, 5.74) is 5.50. The zero-order valence-electron chi connectivity index (χ0n) is 19.7. The van der Waals surface area contributed by atoms with Crippen LogP contribution in [0.15, 0.2) is 45.6 Å². The summed E-state index contributed by atoms with van der Waals surface area (Å²) in [5, 5.41) is 5.23. The van der Waals surface area contributed by atoms with Crippen molar-refractivity contribution in [3.8, 4) is 11.5 Å². The van der Waals surface area contributed by atoms with Gasteiger partial charge in [0.25, 0.3) is 5.91 Å². The predicted octanol–water partition coefficient (Wildman–Crippen LogP) is 4.73. The highest BCUT2D eigenvalue weighted by atomic mass is 16.5. The van der Waals surface area contributed by atoms with E-state index in [1.54, 1.807) is 13.2 Å². The maximum Gasteiger partial charge on any atom is 0.339 e. The second kappa shape index (κ2) is 8.80. The van der Waals surface area contributed by atoms with E-state index in [0.717, 1.165) is 83.8 Å². The number of aromatic amines is 1. The van der Waals surface area contributed by atoms with E-state index in [9.17, 15) is 9.59 Å². The Morgan fingerprint density at radius 2 is 1.80 bits per heavy atom. The largest absolute Gasteiger partial charge is 0.497 e. The molecule has 35 heavy (non-hydrogen) atoms. The third-order valence-corrected chi connectivity index (χ3v) is 7.31. The molecule has 0 spiro atoms. The van der Waals surface area contributed by atoms with Gasteiger partial charge >= 0.3 is 5.63 Å². The fourth-order valence-electron chi connectivity index (χ4n) is 5.61. The van der Waals surface area contributed by atoms with Gasteiger partial charge in [-0.15, -0.1) is 0 Å². The Bertz CT molecular complexity index is 1500. The van der Waals surface area contributed by atoms with Crippen LogP contribution in [0.2, 0.25) is 0 Å². The van der Waals surface area contributed by atoms with Gasteiger partial charge in [0, 0.05) is 33.6 Å². The van der Waals surface area contributed by atoms with Crippen LogP contribution in [0.3, 0.4) is 0 Å². The van der Waals surface area contributed by atoms with Crippen molar-refractivity contribution >= 4 is 27.8 Å². The molecule has 2 aromatic heterocycles. The molecule has 2 heterocycles. The molecular formula is C28H28N2O5. The highest BCUT2D eigenvalue weighted by molar-refractivity contribution is 5.87. The molecule has 2 N–H and O–H groups in total. The highest BCUT2D eigenvalue weighted by Gasteiger charge is 2.26. The van der Waals surface area contributed by atoms with Crippen molar-refractivity contribution < 1.29 is 18.7 Å². The van der Waals surface area contributed by atoms with E-state index in [2.05, 4.69) is 10.3 Å². The molecule has 0 fully saturated rings. The molecule has 1 atom stereocenters. The third-order valence-electron chi connectivity index (χ3n) is 7.31. The average Bonchev–Trinajstić information content (AvgIpc) is 3.26. The summed E-state index contributed by atoms with van der Waals surface area (Å²) in [4.78, 5) is 28.7. The Balaban J connectivity index is 1.17. The molecule has 180 valence electrons. The number of aryl methyl sites for hydroxylation is 2. The SMILES string of the molecule is COc1ccc2[nH]c3c(c2c1)CCC[C@@H]3NC(=O)COc1ccc2c3c(c(=O)oc2c1)CCCC3. The summed E-state index contributed by atoms with van der Waals surface area (Å²) >= 11 is 0. The Kier molecular flexibility index (Phi) is 5.47. The molecule has 6 rings (SSSR count). The number of benzene rings is 2. The number of nitrogens with one attached hydrogen (secondary N) is 2. The first-order chi connectivity index (χ1) is 17.1. The molecule has 0 saturated carbocycles. The number of H-pyrrole nitrogens is 1. The standard InChI is InChI=1S/C28H28N2O5/c1-33-16-10-12-23-22(13-16)20-7-4-8-24(27(20)30-23)29-26(31)15-34-17-9-11-19-18-5-2-3-6-21(18)28(32)35-25(19)14-17/h9-14,24,30H,2-8,15H2,1H3,(H,29,31)/t24-/m0/s1. The fraction of sp³-hybridized carbons (Fsp3) is 0.357. The molecule has 1 amide bonds. The van der Waals surface area contributed by atoms with Gasteiger partial charge in [0.15, 0.2) is 6.61 Å². The van der Waals surface area contributed by atoms with Crippen molar-refractivity contribution in [2.24, 2.45) is 0 Å². The van der Waals surface area contributed by atoms with Gasteiger partial charge in [-0.05, 0) is 86.4 Å². The van der Waals surface area contributed by atoms with Crippen molar-refractivity contribution in [3.63, 3.8) is 0 Å². The van der Waals surface area contributed by atoms with E-state index >= 15 is 0 Å². The third kappa shape index (κ3) is 3.95. The summed E-state index contributed by atoms with van der Waals surface area (Å²) < 4.78 is 16.7. The van der Waals surface area contributed by atoms with Crippen molar-refractivity contribution in [2.75, 3.05) is 13.7 Å². The lowest BCUT2D eigenvalue weighted by molar-refractivity contribution is -0.124. The number of hydrogen-bond acceptors (Lipinski definition) is 5. The molecule has 7 heteroatoms. The molecule has 4 aromatic rings. The first kappa shape index (κ1) is 21.8. The minimum Gasteiger partial charge on any atom is -0.497 e. The first-order valence-electron chi connectivity index (χ1n) is 12.3. The molecule has 2 aliphatic rings. The number of carbonyl (C=O) groups excluding carboxylic acids is 1. The van der Waals surface area contributed by atoms with Crippen LogP contribution in [0, 0.1) is 0 Å². The molecule has 0 bridgehead atoms. The average molecular weight is 473 g/mol. The lowest BCUT2D eigenvalue weighted by Crippen LogP contribution is -2.34. The molecule has 7 nitrogen and oxygen atoms in total. The van der Waals surface area contributed by atoms with E-state index in [1.165, 1.54) is 5.56 Å². The Labute approximate surface area is 202 Å². The van der Waals surface area contributed by atoms with Crippen LogP contribution in [0.4, 0.5) is 0 Å². The molecule has 0 aliphatic heterocycles. The maximum absolute atomic E-state index is 12.8. The minimum atomic E-state index is -0.258. The normalized spacial score (nSPS) is 17.1. The van der Waals surface area contributed by atoms with Crippen molar-refractivity contribution in [1.29, 1.82) is 0 Å². The van der Waals surface area contributed by atoms with E-state index in [-0.39, 0.29) is 24.2 Å². The van der Waals surface area contributed by atoms with Crippen molar-refractivity contribution in [1.82, 2.24) is 10.3 Å². The predicted molar refractivity (Wildman–Crippen MR) is 133 cm³/mol. The van der Waals surface area contributed by atoms with Gasteiger partial charge in [-0.3, -0.25) is 4.79 Å². The number of carbonyl (C=O) groups is 1. The van der Waals surface area contributed by atoms with Gasteiger partial charge in [-0.1, -0.05) is 0 Å². The van der Waals surface area contributed by atoms with Gasteiger partial charge in [0.2, 0.25) is 0 Å². The van der Waals surface area contributed by atoms with Crippen LogP contribution < -0.4 is 20.4 Å². The summed E-state index contributed by atoms with van der Waals surface area (Å²) in [6, 6.07) is 11.4. The second-order valence-corrected chi connectivity index (χ2v) is 9.44. The zero-order valence-corrected chi connectivity index (χ0v) is 19.7. The van der Waals surface area contributed by atoms with Crippen LogP contribution in [0.25, 0.3) is 21.9 Å². The number of ether oxygens (including phenoxy) is 2. The lowest BCUT2D eigenvalue weighted by atomic mass is 9.91. The Hall–Kier alpha value is -3.74. The summed E-state index contributed by atoms with van der Waals surface area (Å²) in [6.07, 6.45) is 6.61. The van der Waals surface area contributed by atoms with Crippen molar-refractivity contribution in [2.45, 2.75) is 51.0 Å². The van der Waals surface area contributed by atoms with Gasteiger partial charge in [0.1, 0.15) is 17.1 Å². The number of methoxy groups -OCH3 is 1. The van der Waals surface area contributed by atoms with Crippen LogP contribution in [0.1, 0.15) is 54.1 Å². The number of fused-ring (bicyclic) bond motifs is 6. The van der Waals surface area contributed by atoms with E-state index in [0.29, 0.717) is 11.3 Å². The molecule has 0 saturated heterocycles. The second-order valence-electron chi connectivity index (χ2n) is 9.44. The molecule has 2 aromatic carbocycles. The number of rotatable bonds is 5. The van der Waals surface area contributed by atoms with E-state index in [1.807, 2.05) is 30.3 Å². The molecular weight excluding hydrogens is 444 g/mol. The van der Waals surface area contributed by atoms with Gasteiger partial charge in [-0.2, -0.15) is 0 Å². The molecule has 2 aliphatic carbocycles. The van der Waals surface area contributed by atoms with Crippen LogP contribution in [0.5, 0.6) is 11.5 Å². The Morgan fingerprint density at radius 1 is 1.00 bits per heavy atom. The topological polar surface area (TPSA) is 93.6 Å². The lowest BCUT2D eigenvalue weighted by Gasteiger charge is -2.24. The number of hydrogen-bond donors (Lipinski definition) is 2. The summed E-state index contributed by atoms with van der Waals surface area (Å²) in [5.74, 6) is 1.14. The smallest absolute Gasteiger partial charge is 0.339 e. The summed E-state index contributed by atoms with van der Waals surface area (Å²) in [7, 11) is 1.67. The molecule has 0 unspecified atom stereocenters. The van der Waals surface area contributed by atoms with Crippen LogP contribution >= 0.6 is 0 Å². The van der Waals surface area contributed by atoms with E-state index in [4.69, 9.17) is 13.9 Å². The zero-order chi connectivity index (χ0) is 23.9. The van der Waals surface area contributed by atoms with Gasteiger partial charge in [0.05, 0.1) is 13.2 Å². The van der Waals surface area contributed by atoms with Crippen LogP contribution in [-0.4, -0.2) is 24.6 Å². The highest BCUT2D eigenvalue weighted by Crippen LogP contribution is 2.36. The van der Waals surface area contributed by atoms with Gasteiger partial charge in [-0.25, -0.2) is 4.79 Å². The molecule has 0 radical (unpaired) electrons. The number of aromatic nitrogens is 1. The van der Waals surface area contributed by atoms with Crippen molar-refractivity contribution in [3.05, 3.63) is 69.2 Å². The fourth-order valence-corrected chi connectivity index (χ4v) is 5.61. The van der Waals surface area contributed by atoms with Gasteiger partial charge < -0.3 is 24.2 Å². The van der Waals surface area contributed by atoms with Crippen LogP contribution in [-0.2, 0) is 24.1 Å². The minimum absolute atomic E-state index is 0.0885.